The minimum Gasteiger partial charge on any atom is -0.492 e. The lowest BCUT2D eigenvalue weighted by Crippen LogP contribution is -2.01. The Balaban J connectivity index is 1.48. The molecule has 0 fully saturated rings. The second-order valence-electron chi connectivity index (χ2n) is 5.39. The number of aromatic nitrogens is 2. The Hall–Kier alpha value is -2.52. The molecule has 0 bridgehead atoms. The largest absolute Gasteiger partial charge is 0.492 e. The second-order valence-corrected chi connectivity index (χ2v) is 5.80. The van der Waals surface area contributed by atoms with E-state index in [-0.39, 0.29) is 0 Å². The van der Waals surface area contributed by atoms with E-state index in [1.54, 1.807) is 12.4 Å². The van der Waals surface area contributed by atoms with Crippen molar-refractivity contribution in [2.24, 2.45) is 0 Å². The number of pyridine rings is 1. The summed E-state index contributed by atoms with van der Waals surface area (Å²) in [6.07, 6.45) is 4.19. The van der Waals surface area contributed by atoms with Crippen LogP contribution in [0.4, 0.5) is 0 Å². The van der Waals surface area contributed by atoms with Crippen LogP contribution in [0, 0.1) is 0 Å². The van der Waals surface area contributed by atoms with Gasteiger partial charge in [0, 0.05) is 23.5 Å². The number of hydrogen-bond acceptors (Lipinski definition) is 2. The van der Waals surface area contributed by atoms with Gasteiger partial charge in [0.1, 0.15) is 5.75 Å². The highest BCUT2D eigenvalue weighted by molar-refractivity contribution is 6.35. The second kappa shape index (κ2) is 5.94. The van der Waals surface area contributed by atoms with Gasteiger partial charge >= 0.3 is 0 Å². The summed E-state index contributed by atoms with van der Waals surface area (Å²) in [7, 11) is 0. The average Bonchev–Trinajstić information content (AvgIpc) is 2.96. The van der Waals surface area contributed by atoms with Crippen LogP contribution in [0.3, 0.4) is 0 Å². The zero-order valence-electron chi connectivity index (χ0n) is 13.3. The van der Waals surface area contributed by atoms with E-state index in [1.165, 1.54) is 0 Å². The van der Waals surface area contributed by atoms with Gasteiger partial charge in [0.05, 0.1) is 24.7 Å². The molecular formula is C19H15ClN2O. The molecule has 4 aromatic rings. The smallest absolute Gasteiger partial charge is 0.138 e. The maximum Gasteiger partial charge on any atom is 0.138 e. The molecule has 2 aromatic heterocycles. The summed E-state index contributed by atoms with van der Waals surface area (Å²) in [6.45, 7) is 0.543. The predicted octanol–water partition coefficient (Wildman–Crippen LogP) is 4.99. The topological polar surface area (TPSA) is 37.9 Å². The molecular weight excluding hydrogens is 308 g/mol. The van der Waals surface area contributed by atoms with Gasteiger partial charge in [-0.1, -0.05) is 23.7 Å². The van der Waals surface area contributed by atoms with E-state index in [2.05, 4.69) is 16.0 Å². The third kappa shape index (κ3) is 2.88. The highest BCUT2D eigenvalue weighted by atomic mass is 35.5. The fourth-order valence-electron chi connectivity index (χ4n) is 2.64. The van der Waals surface area contributed by atoms with E-state index in [9.17, 15) is 0 Å². The van der Waals surface area contributed by atoms with Gasteiger partial charge in [-0.05, 0) is 47.3 Å². The SMILES string of the molecule is [2H]c1c[nH]c2ccc(CCOc3cnc4cccc(Cl)c4c3)cc12. The van der Waals surface area contributed by atoms with Crippen LogP contribution in [0.2, 0.25) is 5.02 Å². The highest BCUT2D eigenvalue weighted by Crippen LogP contribution is 2.25. The van der Waals surface area contributed by atoms with Gasteiger partial charge in [0.2, 0.25) is 0 Å². The average molecular weight is 324 g/mol. The number of fused-ring (bicyclic) bond motifs is 2. The van der Waals surface area contributed by atoms with Crippen molar-refractivity contribution in [3.63, 3.8) is 0 Å². The first-order chi connectivity index (χ1) is 11.7. The Morgan fingerprint density at radius 1 is 1.22 bits per heavy atom. The van der Waals surface area contributed by atoms with Crippen LogP contribution in [0.15, 0.2) is 60.9 Å². The third-order valence-electron chi connectivity index (χ3n) is 3.85. The number of nitrogens with one attached hydrogen (secondary N) is 1. The van der Waals surface area contributed by atoms with E-state index >= 15 is 0 Å². The Bertz CT molecular complexity index is 1030. The quantitative estimate of drug-likeness (QED) is 0.574. The van der Waals surface area contributed by atoms with Crippen molar-refractivity contribution in [3.8, 4) is 5.75 Å². The fraction of sp³-hybridized carbons (Fsp3) is 0.105. The molecule has 0 unspecified atom stereocenters. The lowest BCUT2D eigenvalue weighted by molar-refractivity contribution is 0.321. The Kier molecular flexibility index (Phi) is 3.35. The van der Waals surface area contributed by atoms with E-state index in [0.717, 1.165) is 33.8 Å². The van der Waals surface area contributed by atoms with E-state index in [0.29, 0.717) is 23.4 Å². The van der Waals surface area contributed by atoms with Crippen molar-refractivity contribution < 1.29 is 6.11 Å². The molecule has 0 aliphatic carbocycles. The Morgan fingerprint density at radius 2 is 2.17 bits per heavy atom. The molecule has 0 amide bonds. The van der Waals surface area contributed by atoms with E-state index in [4.69, 9.17) is 17.7 Å². The van der Waals surface area contributed by atoms with E-state index in [1.807, 2.05) is 36.4 Å². The summed E-state index contributed by atoms with van der Waals surface area (Å²) in [6, 6.07) is 14.2. The molecule has 0 atom stereocenters. The monoisotopic (exact) mass is 323 g/mol. The molecule has 2 heterocycles. The third-order valence-corrected chi connectivity index (χ3v) is 4.18. The number of halogens is 1. The van der Waals surface area contributed by atoms with Crippen LogP contribution in [0.1, 0.15) is 6.93 Å². The molecule has 23 heavy (non-hydrogen) atoms. The van der Waals surface area contributed by atoms with Crippen molar-refractivity contribution in [1.29, 1.82) is 0 Å². The van der Waals surface area contributed by atoms with Crippen LogP contribution >= 0.6 is 11.6 Å². The van der Waals surface area contributed by atoms with Gasteiger partial charge in [-0.2, -0.15) is 0 Å². The summed E-state index contributed by atoms with van der Waals surface area (Å²) < 4.78 is 13.7. The molecule has 1 N–H and O–H groups in total. The molecule has 2 aromatic carbocycles. The zero-order chi connectivity index (χ0) is 16.5. The molecule has 0 spiro atoms. The first kappa shape index (κ1) is 13.0. The van der Waals surface area contributed by atoms with Crippen molar-refractivity contribution in [2.45, 2.75) is 6.42 Å². The van der Waals surface area contributed by atoms with Gasteiger partial charge in [-0.25, -0.2) is 0 Å². The maximum atomic E-state index is 7.87. The summed E-state index contributed by atoms with van der Waals surface area (Å²) in [4.78, 5) is 7.45. The molecule has 4 heteroatoms. The molecule has 0 aliphatic rings. The number of rotatable bonds is 4. The lowest BCUT2D eigenvalue weighted by Gasteiger charge is -2.08. The van der Waals surface area contributed by atoms with Crippen molar-refractivity contribution in [2.75, 3.05) is 6.61 Å². The molecule has 0 aliphatic heterocycles. The molecule has 0 radical (unpaired) electrons. The van der Waals surface area contributed by atoms with Gasteiger partial charge in [-0.15, -0.1) is 0 Å². The van der Waals surface area contributed by atoms with Crippen LogP contribution < -0.4 is 4.74 Å². The van der Waals surface area contributed by atoms with Crippen LogP contribution in [0.25, 0.3) is 21.8 Å². The Labute approximate surface area is 140 Å². The molecule has 114 valence electrons. The van der Waals surface area contributed by atoms with Gasteiger partial charge in [0.25, 0.3) is 0 Å². The van der Waals surface area contributed by atoms with Crippen molar-refractivity contribution >= 4 is 33.4 Å². The first-order valence-electron chi connectivity index (χ1n) is 7.94. The van der Waals surface area contributed by atoms with Crippen LogP contribution in [-0.4, -0.2) is 16.6 Å². The summed E-state index contributed by atoms with van der Waals surface area (Å²) in [5.74, 6) is 0.708. The normalized spacial score (nSPS) is 11.8. The Morgan fingerprint density at radius 3 is 3.13 bits per heavy atom. The molecule has 3 nitrogen and oxygen atoms in total. The predicted molar refractivity (Wildman–Crippen MR) is 94.3 cm³/mol. The lowest BCUT2D eigenvalue weighted by atomic mass is 10.1. The number of nitrogens with zero attached hydrogens (tertiary/aromatic N) is 1. The van der Waals surface area contributed by atoms with Crippen molar-refractivity contribution in [1.82, 2.24) is 9.97 Å². The van der Waals surface area contributed by atoms with E-state index < -0.39 is 0 Å². The van der Waals surface area contributed by atoms with Crippen LogP contribution in [0.5, 0.6) is 5.75 Å². The molecule has 0 saturated carbocycles. The number of aromatic amines is 1. The zero-order valence-corrected chi connectivity index (χ0v) is 13.1. The summed E-state index contributed by atoms with van der Waals surface area (Å²) in [5, 5.41) is 2.50. The van der Waals surface area contributed by atoms with Gasteiger partial charge in [0.15, 0.2) is 0 Å². The molecule has 4 rings (SSSR count). The number of ether oxygens (including phenoxy) is 1. The minimum atomic E-state index is 0.515. The highest BCUT2D eigenvalue weighted by Gasteiger charge is 2.03. The first-order valence-corrected chi connectivity index (χ1v) is 7.82. The van der Waals surface area contributed by atoms with Gasteiger partial charge in [-0.3, -0.25) is 4.98 Å². The number of benzene rings is 2. The molecule has 0 saturated heterocycles. The fourth-order valence-corrected chi connectivity index (χ4v) is 2.87. The maximum absolute atomic E-state index is 7.87. The standard InChI is InChI=1S/C19H15ClN2O/c20-17-2-1-3-19-16(17)11-15(12-22-19)23-9-7-13-4-5-18-14(10-13)6-8-21-18/h1-6,8,10-12,21H,7,9H2/i6D. The summed E-state index contributed by atoms with van der Waals surface area (Å²) >= 11 is 6.20. The minimum absolute atomic E-state index is 0.515. The van der Waals surface area contributed by atoms with Gasteiger partial charge < -0.3 is 9.72 Å². The van der Waals surface area contributed by atoms with Crippen LogP contribution in [-0.2, 0) is 6.42 Å². The number of H-pyrrole nitrogens is 1. The summed E-state index contributed by atoms with van der Waals surface area (Å²) in [5.41, 5.74) is 2.98. The van der Waals surface area contributed by atoms with Crippen molar-refractivity contribution in [3.05, 3.63) is 71.5 Å². The number of hydrogen-bond donors (Lipinski definition) is 1.